The Kier molecular flexibility index (Phi) is 3.37. The van der Waals surface area contributed by atoms with E-state index in [1.807, 2.05) is 0 Å². The first-order valence-electron chi connectivity index (χ1n) is 5.29. The molecule has 0 aliphatic carbocycles. The Morgan fingerprint density at radius 1 is 1.20 bits per heavy atom. The first kappa shape index (κ1) is 13.1. The molecule has 1 aromatic carbocycles. The molecule has 102 valence electrons. The van der Waals surface area contributed by atoms with Gasteiger partial charge in [0.1, 0.15) is 0 Å². The number of nitrogens with two attached hydrogens (primary N) is 2. The van der Waals surface area contributed by atoms with E-state index in [1.54, 1.807) is 0 Å². The fourth-order valence-electron chi connectivity index (χ4n) is 1.35. The van der Waals surface area contributed by atoms with Gasteiger partial charge in [0.2, 0.25) is 5.95 Å². The van der Waals surface area contributed by atoms with Gasteiger partial charge in [-0.2, -0.15) is 10.1 Å². The lowest BCUT2D eigenvalue weighted by Crippen LogP contribution is -2.12. The summed E-state index contributed by atoms with van der Waals surface area (Å²) < 4.78 is 0. The van der Waals surface area contributed by atoms with Crippen molar-refractivity contribution in [2.45, 2.75) is 0 Å². The maximum absolute atomic E-state index is 11.5. The summed E-state index contributed by atoms with van der Waals surface area (Å²) in [6, 6.07) is 5.31. The Labute approximate surface area is 111 Å². The lowest BCUT2D eigenvalue weighted by molar-refractivity contribution is -0.384. The van der Waals surface area contributed by atoms with E-state index in [0.717, 1.165) is 0 Å². The minimum absolute atomic E-state index is 0.0736. The van der Waals surface area contributed by atoms with E-state index in [-0.39, 0.29) is 23.1 Å². The fraction of sp³-hybridized carbons (Fsp3) is 0. The highest BCUT2D eigenvalue weighted by Gasteiger charge is 2.07. The van der Waals surface area contributed by atoms with Gasteiger partial charge in [-0.05, 0) is 12.1 Å². The molecule has 0 bridgehead atoms. The Bertz CT molecular complexity index is 736. The van der Waals surface area contributed by atoms with Crippen LogP contribution in [0, 0.1) is 10.1 Å². The molecule has 0 atom stereocenters. The summed E-state index contributed by atoms with van der Waals surface area (Å²) in [6.07, 6.45) is 0. The van der Waals surface area contributed by atoms with Crippen molar-refractivity contribution < 1.29 is 4.92 Å². The van der Waals surface area contributed by atoms with E-state index in [4.69, 9.17) is 11.5 Å². The number of nitro benzene ring substituents is 1. The number of non-ortho nitro benzene ring substituents is 1. The van der Waals surface area contributed by atoms with Crippen LogP contribution in [0.2, 0.25) is 0 Å². The van der Waals surface area contributed by atoms with E-state index in [0.29, 0.717) is 5.69 Å². The number of rotatable bonds is 3. The Hall–Kier alpha value is -3.30. The van der Waals surface area contributed by atoms with Crippen LogP contribution in [0.1, 0.15) is 0 Å². The summed E-state index contributed by atoms with van der Waals surface area (Å²) in [5.41, 5.74) is 10.2. The average Bonchev–Trinajstić information content (AvgIpc) is 2.38. The van der Waals surface area contributed by atoms with Gasteiger partial charge >= 0.3 is 0 Å². The Balaban J connectivity index is 2.30. The van der Waals surface area contributed by atoms with Gasteiger partial charge in [-0.3, -0.25) is 19.9 Å². The largest absolute Gasteiger partial charge is 0.382 e. The highest BCUT2D eigenvalue weighted by atomic mass is 16.6. The van der Waals surface area contributed by atoms with Crippen molar-refractivity contribution >= 4 is 28.8 Å². The molecule has 0 amide bonds. The van der Waals surface area contributed by atoms with Crippen LogP contribution < -0.4 is 17.0 Å². The number of aromatic amines is 1. The molecule has 2 aromatic rings. The molecule has 0 saturated carbocycles. The van der Waals surface area contributed by atoms with Crippen LogP contribution >= 0.6 is 0 Å². The van der Waals surface area contributed by atoms with Crippen LogP contribution in [-0.4, -0.2) is 14.9 Å². The minimum atomic E-state index is -0.624. The van der Waals surface area contributed by atoms with E-state index in [9.17, 15) is 14.9 Å². The summed E-state index contributed by atoms with van der Waals surface area (Å²) in [5.74, 6) is -0.279. The zero-order chi connectivity index (χ0) is 14.7. The number of benzene rings is 1. The fourth-order valence-corrected chi connectivity index (χ4v) is 1.35. The zero-order valence-electron chi connectivity index (χ0n) is 9.98. The molecule has 0 aliphatic heterocycles. The van der Waals surface area contributed by atoms with Gasteiger partial charge in [-0.25, -0.2) is 0 Å². The van der Waals surface area contributed by atoms with E-state index in [1.165, 1.54) is 24.3 Å². The van der Waals surface area contributed by atoms with E-state index >= 15 is 0 Å². The summed E-state index contributed by atoms with van der Waals surface area (Å²) >= 11 is 0. The van der Waals surface area contributed by atoms with E-state index in [2.05, 4.69) is 20.2 Å². The second-order valence-electron chi connectivity index (χ2n) is 3.66. The average molecular weight is 275 g/mol. The number of anilines is 2. The number of H-pyrrole nitrogens is 1. The molecule has 1 heterocycles. The van der Waals surface area contributed by atoms with Crippen molar-refractivity contribution in [1.82, 2.24) is 9.97 Å². The maximum Gasteiger partial charge on any atom is 0.282 e. The molecule has 2 rings (SSSR count). The van der Waals surface area contributed by atoms with Gasteiger partial charge in [0.25, 0.3) is 11.2 Å². The predicted octanol–water partition coefficient (Wildman–Crippen LogP) is 1.26. The van der Waals surface area contributed by atoms with Crippen molar-refractivity contribution in [2.24, 2.45) is 10.2 Å². The third-order valence-corrected chi connectivity index (χ3v) is 2.27. The third-order valence-electron chi connectivity index (χ3n) is 2.27. The highest BCUT2D eigenvalue weighted by molar-refractivity contribution is 5.57. The Morgan fingerprint density at radius 2 is 1.85 bits per heavy atom. The normalized spacial score (nSPS) is 10.8. The summed E-state index contributed by atoms with van der Waals surface area (Å²) in [4.78, 5) is 27.3. The molecule has 0 radical (unpaired) electrons. The molecule has 0 fully saturated rings. The molecule has 1 aromatic heterocycles. The number of aromatic nitrogens is 2. The zero-order valence-corrected chi connectivity index (χ0v) is 9.98. The number of nitrogens with zero attached hydrogens (tertiary/aromatic N) is 4. The monoisotopic (exact) mass is 275 g/mol. The Morgan fingerprint density at radius 3 is 2.40 bits per heavy atom. The molecule has 5 N–H and O–H groups in total. The predicted molar refractivity (Wildman–Crippen MR) is 71.0 cm³/mol. The number of nitrogens with one attached hydrogen (secondary N) is 1. The molecule has 0 unspecified atom stereocenters. The lowest BCUT2D eigenvalue weighted by atomic mass is 10.3. The molecule has 0 saturated heterocycles. The molecule has 10 heteroatoms. The van der Waals surface area contributed by atoms with Crippen LogP contribution in [0.25, 0.3) is 0 Å². The molecular formula is C10H9N7O3. The van der Waals surface area contributed by atoms with Crippen molar-refractivity contribution in [3.63, 3.8) is 0 Å². The molecule has 10 nitrogen and oxygen atoms in total. The second kappa shape index (κ2) is 5.14. The number of hydrogen-bond acceptors (Lipinski definition) is 8. The van der Waals surface area contributed by atoms with Crippen LogP contribution in [0.3, 0.4) is 0 Å². The number of azo groups is 1. The summed E-state index contributed by atoms with van der Waals surface area (Å²) in [6.45, 7) is 0. The van der Waals surface area contributed by atoms with Crippen molar-refractivity contribution in [1.29, 1.82) is 0 Å². The SMILES string of the molecule is Nc1nc(N)c(N=Nc2ccc([N+](=O)[O-])cc2)c(=O)[nH]1. The maximum atomic E-state index is 11.5. The van der Waals surface area contributed by atoms with Gasteiger partial charge in [0.15, 0.2) is 11.5 Å². The molecule has 0 aliphatic rings. The first-order valence-corrected chi connectivity index (χ1v) is 5.29. The minimum Gasteiger partial charge on any atom is -0.382 e. The number of nitrogen functional groups attached to an aromatic ring is 2. The highest BCUT2D eigenvalue weighted by Crippen LogP contribution is 2.21. The summed E-state index contributed by atoms with van der Waals surface area (Å²) in [5, 5.41) is 17.9. The van der Waals surface area contributed by atoms with E-state index < -0.39 is 10.5 Å². The second-order valence-corrected chi connectivity index (χ2v) is 3.66. The molecule has 20 heavy (non-hydrogen) atoms. The smallest absolute Gasteiger partial charge is 0.282 e. The first-order chi connectivity index (χ1) is 9.47. The van der Waals surface area contributed by atoms with Crippen LogP contribution in [0.4, 0.5) is 28.8 Å². The summed E-state index contributed by atoms with van der Waals surface area (Å²) in [7, 11) is 0. The van der Waals surface area contributed by atoms with Gasteiger partial charge < -0.3 is 11.5 Å². The number of hydrogen-bond donors (Lipinski definition) is 3. The van der Waals surface area contributed by atoms with Gasteiger partial charge in [-0.1, -0.05) is 0 Å². The van der Waals surface area contributed by atoms with Crippen LogP contribution in [-0.2, 0) is 0 Å². The topological polar surface area (TPSA) is 166 Å². The van der Waals surface area contributed by atoms with Crippen molar-refractivity contribution in [3.8, 4) is 0 Å². The standard InChI is InChI=1S/C10H9N7O3/c11-8-7(9(18)14-10(12)13-8)16-15-5-1-3-6(4-2-5)17(19)20/h1-4H,(H5,11,12,13,14,18). The quantitative estimate of drug-likeness (QED) is 0.433. The van der Waals surface area contributed by atoms with Crippen molar-refractivity contribution in [3.05, 3.63) is 44.7 Å². The van der Waals surface area contributed by atoms with Crippen molar-refractivity contribution in [2.75, 3.05) is 11.5 Å². The van der Waals surface area contributed by atoms with Crippen LogP contribution in [0.15, 0.2) is 39.3 Å². The lowest BCUT2D eigenvalue weighted by Gasteiger charge is -1.98. The molecular weight excluding hydrogens is 266 g/mol. The van der Waals surface area contributed by atoms with Gasteiger partial charge in [0, 0.05) is 12.1 Å². The number of nitro groups is 1. The molecule has 0 spiro atoms. The van der Waals surface area contributed by atoms with Gasteiger partial charge in [-0.15, -0.1) is 5.11 Å². The van der Waals surface area contributed by atoms with Gasteiger partial charge in [0.05, 0.1) is 10.6 Å². The van der Waals surface area contributed by atoms with Crippen LogP contribution in [0.5, 0.6) is 0 Å². The third kappa shape index (κ3) is 2.75.